The minimum Gasteiger partial charge on any atom is -0.487 e. The Labute approximate surface area is 132 Å². The minimum absolute atomic E-state index is 0.113. The third-order valence-electron chi connectivity index (χ3n) is 4.20. The SMILES string of the molecule is CC1(C)Cc2cc(CNCCN3CCCS3(=O)=O)ccc2O1. The van der Waals surface area contributed by atoms with E-state index in [2.05, 4.69) is 31.3 Å². The van der Waals surface area contributed by atoms with Crippen LogP contribution >= 0.6 is 0 Å². The smallest absolute Gasteiger partial charge is 0.214 e. The molecule has 5 nitrogen and oxygen atoms in total. The van der Waals surface area contributed by atoms with Gasteiger partial charge in [0.05, 0.1) is 5.75 Å². The molecule has 2 aliphatic heterocycles. The van der Waals surface area contributed by atoms with Gasteiger partial charge in [-0.3, -0.25) is 0 Å². The maximum absolute atomic E-state index is 11.7. The fraction of sp³-hybridized carbons (Fsp3) is 0.625. The van der Waals surface area contributed by atoms with E-state index < -0.39 is 10.0 Å². The Kier molecular flexibility index (Phi) is 4.18. The van der Waals surface area contributed by atoms with Gasteiger partial charge in [0.1, 0.15) is 11.4 Å². The van der Waals surface area contributed by atoms with Gasteiger partial charge in [-0.1, -0.05) is 12.1 Å². The predicted molar refractivity (Wildman–Crippen MR) is 86.5 cm³/mol. The van der Waals surface area contributed by atoms with Crippen LogP contribution in [0, 0.1) is 0 Å². The fourth-order valence-corrected chi connectivity index (χ4v) is 4.68. The van der Waals surface area contributed by atoms with Gasteiger partial charge >= 0.3 is 0 Å². The minimum atomic E-state index is -2.98. The number of hydrogen-bond donors (Lipinski definition) is 1. The molecular weight excluding hydrogens is 300 g/mol. The number of nitrogens with one attached hydrogen (secondary N) is 1. The van der Waals surface area contributed by atoms with Crippen molar-refractivity contribution >= 4 is 10.0 Å². The highest BCUT2D eigenvalue weighted by Crippen LogP contribution is 2.35. The number of benzene rings is 1. The van der Waals surface area contributed by atoms with Crippen molar-refractivity contribution in [3.63, 3.8) is 0 Å². The second-order valence-corrected chi connectivity index (χ2v) is 8.81. The first-order chi connectivity index (χ1) is 10.4. The molecular formula is C16H24N2O3S. The van der Waals surface area contributed by atoms with Crippen molar-refractivity contribution in [3.8, 4) is 5.75 Å². The molecule has 1 aromatic rings. The zero-order valence-corrected chi connectivity index (χ0v) is 14.1. The van der Waals surface area contributed by atoms with Crippen molar-refractivity contribution in [1.29, 1.82) is 0 Å². The highest BCUT2D eigenvalue weighted by molar-refractivity contribution is 7.89. The van der Waals surface area contributed by atoms with Gasteiger partial charge in [-0.2, -0.15) is 0 Å². The molecule has 2 heterocycles. The third kappa shape index (κ3) is 3.45. The van der Waals surface area contributed by atoms with Crippen molar-refractivity contribution in [1.82, 2.24) is 9.62 Å². The van der Waals surface area contributed by atoms with Crippen LogP contribution in [0.5, 0.6) is 5.75 Å². The van der Waals surface area contributed by atoms with Crippen molar-refractivity contribution in [3.05, 3.63) is 29.3 Å². The predicted octanol–water partition coefficient (Wildman–Crippen LogP) is 1.53. The zero-order chi connectivity index (χ0) is 15.8. The molecule has 0 radical (unpaired) electrons. The van der Waals surface area contributed by atoms with Crippen LogP contribution in [0.3, 0.4) is 0 Å². The van der Waals surface area contributed by atoms with Crippen LogP contribution in [-0.2, 0) is 23.0 Å². The van der Waals surface area contributed by atoms with Crippen molar-refractivity contribution in [2.45, 2.75) is 38.8 Å². The summed E-state index contributed by atoms with van der Waals surface area (Å²) in [6.07, 6.45) is 1.69. The van der Waals surface area contributed by atoms with Crippen molar-refractivity contribution < 1.29 is 13.2 Å². The van der Waals surface area contributed by atoms with Gasteiger partial charge in [-0.05, 0) is 37.5 Å². The largest absolute Gasteiger partial charge is 0.487 e. The van der Waals surface area contributed by atoms with Crippen LogP contribution in [0.25, 0.3) is 0 Å². The van der Waals surface area contributed by atoms with Crippen molar-refractivity contribution in [2.75, 3.05) is 25.4 Å². The number of sulfonamides is 1. The van der Waals surface area contributed by atoms with Gasteiger partial charge in [0.25, 0.3) is 0 Å². The first kappa shape index (κ1) is 15.8. The number of ether oxygens (including phenoxy) is 1. The van der Waals surface area contributed by atoms with E-state index in [1.165, 1.54) is 11.1 Å². The van der Waals surface area contributed by atoms with E-state index in [0.29, 0.717) is 25.4 Å². The number of fused-ring (bicyclic) bond motifs is 1. The van der Waals surface area contributed by atoms with Crippen LogP contribution < -0.4 is 10.1 Å². The third-order valence-corrected chi connectivity index (χ3v) is 6.15. The number of nitrogens with zero attached hydrogens (tertiary/aromatic N) is 1. The number of hydrogen-bond acceptors (Lipinski definition) is 4. The van der Waals surface area contributed by atoms with Crippen LogP contribution in [0.1, 0.15) is 31.4 Å². The molecule has 22 heavy (non-hydrogen) atoms. The van der Waals surface area contributed by atoms with Gasteiger partial charge in [-0.15, -0.1) is 0 Å². The van der Waals surface area contributed by atoms with Crippen LogP contribution in [0.2, 0.25) is 0 Å². The summed E-state index contributed by atoms with van der Waals surface area (Å²) in [5.41, 5.74) is 2.36. The monoisotopic (exact) mass is 324 g/mol. The van der Waals surface area contributed by atoms with E-state index in [-0.39, 0.29) is 5.60 Å². The molecule has 1 saturated heterocycles. The van der Waals surface area contributed by atoms with E-state index in [1.54, 1.807) is 4.31 Å². The topological polar surface area (TPSA) is 58.6 Å². The fourth-order valence-electron chi connectivity index (χ4n) is 3.15. The lowest BCUT2D eigenvalue weighted by molar-refractivity contribution is 0.138. The molecule has 0 bridgehead atoms. The lowest BCUT2D eigenvalue weighted by atomic mass is 10.0. The molecule has 2 aliphatic rings. The molecule has 0 unspecified atom stereocenters. The van der Waals surface area contributed by atoms with E-state index >= 15 is 0 Å². The molecule has 0 spiro atoms. The quantitative estimate of drug-likeness (QED) is 0.835. The molecule has 1 aromatic carbocycles. The molecule has 1 fully saturated rings. The maximum Gasteiger partial charge on any atom is 0.214 e. The summed E-state index contributed by atoms with van der Waals surface area (Å²) in [7, 11) is -2.98. The molecule has 122 valence electrons. The Bertz CT molecular complexity index is 655. The maximum atomic E-state index is 11.7. The lowest BCUT2D eigenvalue weighted by Crippen LogP contribution is -2.33. The molecule has 0 amide bonds. The van der Waals surface area contributed by atoms with Crippen LogP contribution in [0.15, 0.2) is 18.2 Å². The molecule has 0 aliphatic carbocycles. The molecule has 6 heteroatoms. The van der Waals surface area contributed by atoms with Gasteiger partial charge in [0, 0.05) is 32.6 Å². The second-order valence-electron chi connectivity index (χ2n) is 6.73. The van der Waals surface area contributed by atoms with E-state index in [0.717, 1.165) is 25.1 Å². The summed E-state index contributed by atoms with van der Waals surface area (Å²) in [5.74, 6) is 1.28. The average molecular weight is 324 g/mol. The molecule has 0 saturated carbocycles. The Hall–Kier alpha value is -1.11. The van der Waals surface area contributed by atoms with Crippen LogP contribution in [-0.4, -0.2) is 43.7 Å². The van der Waals surface area contributed by atoms with Gasteiger partial charge < -0.3 is 10.1 Å². The Morgan fingerprint density at radius 3 is 2.91 bits per heavy atom. The Morgan fingerprint density at radius 1 is 1.36 bits per heavy atom. The van der Waals surface area contributed by atoms with E-state index in [1.807, 2.05) is 6.07 Å². The summed E-state index contributed by atoms with van der Waals surface area (Å²) in [6, 6.07) is 6.29. The van der Waals surface area contributed by atoms with Gasteiger partial charge in [-0.25, -0.2) is 12.7 Å². The second kappa shape index (κ2) is 5.83. The summed E-state index contributed by atoms with van der Waals surface area (Å²) in [4.78, 5) is 0. The van der Waals surface area contributed by atoms with E-state index in [9.17, 15) is 8.42 Å². The summed E-state index contributed by atoms with van der Waals surface area (Å²) < 4.78 is 30.9. The first-order valence-corrected chi connectivity index (χ1v) is 9.46. The molecule has 3 rings (SSSR count). The molecule has 0 aromatic heterocycles. The Morgan fingerprint density at radius 2 is 2.18 bits per heavy atom. The normalized spacial score (nSPS) is 22.5. The molecule has 1 N–H and O–H groups in total. The van der Waals surface area contributed by atoms with Crippen molar-refractivity contribution in [2.24, 2.45) is 0 Å². The van der Waals surface area contributed by atoms with E-state index in [4.69, 9.17) is 4.74 Å². The highest BCUT2D eigenvalue weighted by Gasteiger charge is 2.30. The molecule has 0 atom stereocenters. The van der Waals surface area contributed by atoms with Gasteiger partial charge in [0.15, 0.2) is 0 Å². The van der Waals surface area contributed by atoms with Gasteiger partial charge in [0.2, 0.25) is 10.0 Å². The summed E-state index contributed by atoms with van der Waals surface area (Å²) in [5, 5.41) is 3.33. The number of rotatable bonds is 5. The summed E-state index contributed by atoms with van der Waals surface area (Å²) >= 11 is 0. The lowest BCUT2D eigenvalue weighted by Gasteiger charge is -2.16. The Balaban J connectivity index is 1.49. The zero-order valence-electron chi connectivity index (χ0n) is 13.3. The first-order valence-electron chi connectivity index (χ1n) is 7.85. The average Bonchev–Trinajstić information content (AvgIpc) is 2.91. The van der Waals surface area contributed by atoms with Crippen LogP contribution in [0.4, 0.5) is 0 Å². The standard InChI is InChI=1S/C16H24N2O3S/c1-16(2)11-14-10-13(4-5-15(14)21-16)12-17-6-8-18-7-3-9-22(18,19)20/h4-5,10,17H,3,6-9,11-12H2,1-2H3. The summed E-state index contributed by atoms with van der Waals surface area (Å²) in [6.45, 7) is 6.85. The highest BCUT2D eigenvalue weighted by atomic mass is 32.2.